The van der Waals surface area contributed by atoms with Crippen LogP contribution in [0.4, 0.5) is 5.69 Å². The fraction of sp³-hybridized carbons (Fsp3) is 0.500. The number of hydrogen-bond acceptors (Lipinski definition) is 4. The van der Waals surface area contributed by atoms with E-state index >= 15 is 0 Å². The molecule has 0 atom stereocenters. The molecule has 2 heterocycles. The van der Waals surface area contributed by atoms with E-state index in [1.165, 1.54) is 5.69 Å². The van der Waals surface area contributed by atoms with E-state index in [2.05, 4.69) is 57.4 Å². The highest BCUT2D eigenvalue weighted by Crippen LogP contribution is 2.21. The standard InChI is InChI=1S/C14H21N5/c1-18(2)10-14-16-12-4-3-11(9-13(12)17-14)19-7-5-15-6-8-19/h3-4,9,15H,5-8,10H2,1-2H3,(H,16,17). The lowest BCUT2D eigenvalue weighted by molar-refractivity contribution is 0.392. The first-order chi connectivity index (χ1) is 9.22. The summed E-state index contributed by atoms with van der Waals surface area (Å²) in [5, 5.41) is 3.38. The lowest BCUT2D eigenvalue weighted by atomic mass is 10.2. The van der Waals surface area contributed by atoms with Gasteiger partial charge in [-0.2, -0.15) is 0 Å². The van der Waals surface area contributed by atoms with Gasteiger partial charge in [-0.25, -0.2) is 4.98 Å². The number of imidazole rings is 1. The van der Waals surface area contributed by atoms with Crippen molar-refractivity contribution in [1.29, 1.82) is 0 Å². The Labute approximate surface area is 113 Å². The summed E-state index contributed by atoms with van der Waals surface area (Å²) in [4.78, 5) is 12.6. The second-order valence-corrected chi connectivity index (χ2v) is 5.36. The molecule has 0 saturated carbocycles. The maximum absolute atomic E-state index is 4.61. The molecule has 19 heavy (non-hydrogen) atoms. The van der Waals surface area contributed by atoms with Crippen molar-refractivity contribution in [3.05, 3.63) is 24.0 Å². The van der Waals surface area contributed by atoms with Crippen molar-refractivity contribution in [2.45, 2.75) is 6.54 Å². The van der Waals surface area contributed by atoms with E-state index in [1.54, 1.807) is 0 Å². The third-order valence-electron chi connectivity index (χ3n) is 3.46. The lowest BCUT2D eigenvalue weighted by Crippen LogP contribution is -2.43. The van der Waals surface area contributed by atoms with Gasteiger partial charge in [0.1, 0.15) is 5.82 Å². The third kappa shape index (κ3) is 2.72. The molecule has 0 radical (unpaired) electrons. The van der Waals surface area contributed by atoms with Crippen LogP contribution in [0.25, 0.3) is 11.0 Å². The Hall–Kier alpha value is -1.59. The highest BCUT2D eigenvalue weighted by molar-refractivity contribution is 5.79. The molecule has 1 aliphatic heterocycles. The number of hydrogen-bond donors (Lipinski definition) is 2. The number of aromatic amines is 1. The van der Waals surface area contributed by atoms with E-state index in [-0.39, 0.29) is 0 Å². The molecule has 2 aromatic rings. The van der Waals surface area contributed by atoms with Gasteiger partial charge in [-0.1, -0.05) is 0 Å². The topological polar surface area (TPSA) is 47.2 Å². The van der Waals surface area contributed by atoms with Gasteiger partial charge in [-0.05, 0) is 32.3 Å². The Morgan fingerprint density at radius 1 is 1.26 bits per heavy atom. The van der Waals surface area contributed by atoms with Crippen LogP contribution in [0.15, 0.2) is 18.2 Å². The summed E-state index contributed by atoms with van der Waals surface area (Å²) in [6, 6.07) is 6.50. The second-order valence-electron chi connectivity index (χ2n) is 5.36. The van der Waals surface area contributed by atoms with Gasteiger partial charge in [0.25, 0.3) is 0 Å². The number of rotatable bonds is 3. The quantitative estimate of drug-likeness (QED) is 0.864. The Kier molecular flexibility index (Phi) is 3.40. The van der Waals surface area contributed by atoms with Gasteiger partial charge >= 0.3 is 0 Å². The zero-order chi connectivity index (χ0) is 13.2. The molecule has 0 bridgehead atoms. The summed E-state index contributed by atoms with van der Waals surface area (Å²) < 4.78 is 0. The molecule has 102 valence electrons. The molecule has 0 unspecified atom stereocenters. The number of nitrogens with zero attached hydrogens (tertiary/aromatic N) is 3. The van der Waals surface area contributed by atoms with Crippen LogP contribution in [-0.4, -0.2) is 55.1 Å². The van der Waals surface area contributed by atoms with Crippen LogP contribution < -0.4 is 10.2 Å². The maximum Gasteiger partial charge on any atom is 0.121 e. The van der Waals surface area contributed by atoms with Crippen LogP contribution in [-0.2, 0) is 6.54 Å². The first-order valence-electron chi connectivity index (χ1n) is 6.81. The van der Waals surface area contributed by atoms with Crippen LogP contribution in [0, 0.1) is 0 Å². The molecule has 2 N–H and O–H groups in total. The number of nitrogens with one attached hydrogen (secondary N) is 2. The SMILES string of the molecule is CN(C)Cc1nc2ccc(N3CCNCC3)cc2[nH]1. The van der Waals surface area contributed by atoms with Gasteiger partial charge in [-0.3, -0.25) is 0 Å². The average Bonchev–Trinajstić information content (AvgIpc) is 2.79. The van der Waals surface area contributed by atoms with Crippen LogP contribution >= 0.6 is 0 Å². The van der Waals surface area contributed by atoms with Gasteiger partial charge < -0.3 is 20.1 Å². The highest BCUT2D eigenvalue weighted by Gasteiger charge is 2.12. The zero-order valence-electron chi connectivity index (χ0n) is 11.6. The Bertz CT molecular complexity index is 554. The Balaban J connectivity index is 1.87. The van der Waals surface area contributed by atoms with Crippen molar-refractivity contribution >= 4 is 16.7 Å². The van der Waals surface area contributed by atoms with Crippen molar-refractivity contribution in [3.8, 4) is 0 Å². The number of piperazine rings is 1. The molecule has 1 aromatic heterocycles. The fourth-order valence-corrected chi connectivity index (χ4v) is 2.54. The molecule has 0 aliphatic carbocycles. The number of fused-ring (bicyclic) bond motifs is 1. The molecule has 1 saturated heterocycles. The smallest absolute Gasteiger partial charge is 0.121 e. The molecule has 3 rings (SSSR count). The number of H-pyrrole nitrogens is 1. The largest absolute Gasteiger partial charge is 0.369 e. The number of anilines is 1. The minimum Gasteiger partial charge on any atom is -0.369 e. The second kappa shape index (κ2) is 5.19. The molecule has 0 spiro atoms. The van der Waals surface area contributed by atoms with Crippen molar-refractivity contribution < 1.29 is 0 Å². The number of benzene rings is 1. The summed E-state index contributed by atoms with van der Waals surface area (Å²) in [6.45, 7) is 5.12. The summed E-state index contributed by atoms with van der Waals surface area (Å²) in [6.07, 6.45) is 0. The predicted molar refractivity (Wildman–Crippen MR) is 78.6 cm³/mol. The summed E-state index contributed by atoms with van der Waals surface area (Å²) in [7, 11) is 4.11. The highest BCUT2D eigenvalue weighted by atomic mass is 15.2. The first kappa shape index (κ1) is 12.4. The normalized spacial score (nSPS) is 16.5. The van der Waals surface area contributed by atoms with Crippen molar-refractivity contribution in [2.24, 2.45) is 0 Å². The minimum absolute atomic E-state index is 0.845. The summed E-state index contributed by atoms with van der Waals surface area (Å²) >= 11 is 0. The van der Waals surface area contributed by atoms with Gasteiger partial charge in [0, 0.05) is 31.9 Å². The van der Waals surface area contributed by atoms with Gasteiger partial charge in [0.05, 0.1) is 17.6 Å². The minimum atomic E-state index is 0.845. The maximum atomic E-state index is 4.61. The van der Waals surface area contributed by atoms with E-state index in [0.29, 0.717) is 0 Å². The predicted octanol–water partition coefficient (Wildman–Crippen LogP) is 1.03. The van der Waals surface area contributed by atoms with E-state index in [4.69, 9.17) is 0 Å². The monoisotopic (exact) mass is 259 g/mol. The van der Waals surface area contributed by atoms with E-state index in [0.717, 1.165) is 49.6 Å². The van der Waals surface area contributed by atoms with Crippen molar-refractivity contribution in [2.75, 3.05) is 45.2 Å². The molecule has 5 nitrogen and oxygen atoms in total. The van der Waals surface area contributed by atoms with E-state index < -0.39 is 0 Å². The fourth-order valence-electron chi connectivity index (χ4n) is 2.54. The van der Waals surface area contributed by atoms with Crippen LogP contribution in [0.3, 0.4) is 0 Å². The van der Waals surface area contributed by atoms with Gasteiger partial charge in [-0.15, -0.1) is 0 Å². The van der Waals surface area contributed by atoms with Gasteiger partial charge in [0.2, 0.25) is 0 Å². The summed E-state index contributed by atoms with van der Waals surface area (Å²) in [5.74, 6) is 1.03. The molecular weight excluding hydrogens is 238 g/mol. The Morgan fingerprint density at radius 3 is 2.79 bits per heavy atom. The first-order valence-corrected chi connectivity index (χ1v) is 6.81. The van der Waals surface area contributed by atoms with Crippen molar-refractivity contribution in [3.63, 3.8) is 0 Å². The average molecular weight is 259 g/mol. The molecule has 1 aromatic carbocycles. The van der Waals surface area contributed by atoms with E-state index in [9.17, 15) is 0 Å². The van der Waals surface area contributed by atoms with Crippen molar-refractivity contribution in [1.82, 2.24) is 20.2 Å². The Morgan fingerprint density at radius 2 is 2.05 bits per heavy atom. The third-order valence-corrected chi connectivity index (χ3v) is 3.46. The summed E-state index contributed by atoms with van der Waals surface area (Å²) in [5.41, 5.74) is 3.47. The molecule has 5 heteroatoms. The zero-order valence-corrected chi connectivity index (χ0v) is 11.6. The molecule has 1 fully saturated rings. The molecule has 1 aliphatic rings. The van der Waals surface area contributed by atoms with Crippen LogP contribution in [0.5, 0.6) is 0 Å². The van der Waals surface area contributed by atoms with Crippen LogP contribution in [0.1, 0.15) is 5.82 Å². The molecule has 0 amide bonds. The van der Waals surface area contributed by atoms with Crippen LogP contribution in [0.2, 0.25) is 0 Å². The van der Waals surface area contributed by atoms with E-state index in [1.807, 2.05) is 0 Å². The number of aromatic nitrogens is 2. The molecular formula is C14H21N5. The van der Waals surface area contributed by atoms with Gasteiger partial charge in [0.15, 0.2) is 0 Å². The lowest BCUT2D eigenvalue weighted by Gasteiger charge is -2.29.